The summed E-state index contributed by atoms with van der Waals surface area (Å²) in [5.74, 6) is 0.949. The van der Waals surface area contributed by atoms with Crippen molar-refractivity contribution in [3.63, 3.8) is 0 Å². The molecule has 0 radical (unpaired) electrons. The van der Waals surface area contributed by atoms with E-state index in [0.29, 0.717) is 5.92 Å². The van der Waals surface area contributed by atoms with Crippen LogP contribution in [0.1, 0.15) is 58.4 Å². The summed E-state index contributed by atoms with van der Waals surface area (Å²) in [7, 11) is 0. The fourth-order valence-electron chi connectivity index (χ4n) is 3.43. The summed E-state index contributed by atoms with van der Waals surface area (Å²) < 4.78 is 0. The molecule has 0 saturated heterocycles. The summed E-state index contributed by atoms with van der Waals surface area (Å²) in [6, 6.07) is 7.96. The molecule has 0 atom stereocenters. The lowest BCUT2D eigenvalue weighted by molar-refractivity contribution is -0.128. The highest BCUT2D eigenvalue weighted by atomic mass is 16.2. The summed E-state index contributed by atoms with van der Waals surface area (Å²) in [5.41, 5.74) is 2.08. The fourth-order valence-corrected chi connectivity index (χ4v) is 3.43. The number of carbonyl (C=O) groups excluding carboxylic acids is 2. The van der Waals surface area contributed by atoms with Gasteiger partial charge >= 0.3 is 0 Å². The highest BCUT2D eigenvalue weighted by molar-refractivity contribution is 5.93. The zero-order valence-corrected chi connectivity index (χ0v) is 15.8. The van der Waals surface area contributed by atoms with Gasteiger partial charge in [-0.1, -0.05) is 39.0 Å². The van der Waals surface area contributed by atoms with Gasteiger partial charge in [0.25, 0.3) is 0 Å². The molecule has 138 valence electrons. The molecule has 1 saturated carbocycles. The number of benzene rings is 1. The van der Waals surface area contributed by atoms with Crippen molar-refractivity contribution in [1.82, 2.24) is 5.32 Å². The van der Waals surface area contributed by atoms with Crippen molar-refractivity contribution in [2.45, 2.75) is 59.3 Å². The zero-order chi connectivity index (χ0) is 18.2. The molecule has 0 aliphatic heterocycles. The zero-order valence-electron chi connectivity index (χ0n) is 15.8. The third-order valence-corrected chi connectivity index (χ3v) is 5.15. The topological polar surface area (TPSA) is 58.2 Å². The Kier molecular flexibility index (Phi) is 7.48. The van der Waals surface area contributed by atoms with Gasteiger partial charge in [0.2, 0.25) is 11.8 Å². The maximum absolute atomic E-state index is 12.5. The van der Waals surface area contributed by atoms with Gasteiger partial charge in [0.15, 0.2) is 0 Å². The SMILES string of the molecule is CCc1ccccc1NC(=O)C1CCC(C(=O)NCCC(C)C)CC1. The van der Waals surface area contributed by atoms with Crippen LogP contribution in [0.5, 0.6) is 0 Å². The molecule has 25 heavy (non-hydrogen) atoms. The van der Waals surface area contributed by atoms with Gasteiger partial charge in [-0.25, -0.2) is 0 Å². The Balaban J connectivity index is 1.79. The van der Waals surface area contributed by atoms with Gasteiger partial charge in [-0.2, -0.15) is 0 Å². The summed E-state index contributed by atoms with van der Waals surface area (Å²) >= 11 is 0. The highest BCUT2D eigenvalue weighted by Crippen LogP contribution is 2.30. The number of hydrogen-bond acceptors (Lipinski definition) is 2. The molecule has 1 aliphatic rings. The quantitative estimate of drug-likeness (QED) is 0.780. The fraction of sp³-hybridized carbons (Fsp3) is 0.619. The molecule has 1 fully saturated rings. The number of amides is 2. The summed E-state index contributed by atoms with van der Waals surface area (Å²) in [6.07, 6.45) is 5.12. The maximum atomic E-state index is 12.5. The standard InChI is InChI=1S/C21H32N2O2/c1-4-16-7-5-6-8-19(16)23-21(25)18-11-9-17(10-12-18)20(24)22-14-13-15(2)3/h5-8,15,17-18H,4,9-14H2,1-3H3,(H,22,24)(H,23,25). The van der Waals surface area contributed by atoms with Crippen molar-refractivity contribution in [3.05, 3.63) is 29.8 Å². The van der Waals surface area contributed by atoms with Gasteiger partial charge in [-0.15, -0.1) is 0 Å². The average molecular weight is 344 g/mol. The third-order valence-electron chi connectivity index (χ3n) is 5.15. The number of nitrogens with one attached hydrogen (secondary N) is 2. The number of aryl methyl sites for hydroxylation is 1. The van der Waals surface area contributed by atoms with Crippen molar-refractivity contribution >= 4 is 17.5 Å². The van der Waals surface area contributed by atoms with Gasteiger partial charge in [-0.05, 0) is 56.1 Å². The lowest BCUT2D eigenvalue weighted by Gasteiger charge is -2.27. The van der Waals surface area contributed by atoms with Crippen molar-refractivity contribution in [2.24, 2.45) is 17.8 Å². The molecule has 0 heterocycles. The van der Waals surface area contributed by atoms with Crippen LogP contribution in [0.4, 0.5) is 5.69 Å². The van der Waals surface area contributed by atoms with E-state index in [2.05, 4.69) is 31.4 Å². The van der Waals surface area contributed by atoms with Gasteiger partial charge in [-0.3, -0.25) is 9.59 Å². The molecule has 1 aromatic carbocycles. The first-order chi connectivity index (χ1) is 12.0. The van der Waals surface area contributed by atoms with Gasteiger partial charge < -0.3 is 10.6 Å². The van der Waals surface area contributed by atoms with E-state index in [0.717, 1.165) is 56.3 Å². The normalized spacial score (nSPS) is 20.3. The minimum Gasteiger partial charge on any atom is -0.356 e. The van der Waals surface area contributed by atoms with Gasteiger partial charge in [0.1, 0.15) is 0 Å². The molecule has 4 heteroatoms. The van der Waals surface area contributed by atoms with E-state index in [9.17, 15) is 9.59 Å². The number of rotatable bonds is 7. The number of para-hydroxylation sites is 1. The molecule has 0 spiro atoms. The first kappa shape index (κ1) is 19.5. The van der Waals surface area contributed by atoms with E-state index < -0.39 is 0 Å². The van der Waals surface area contributed by atoms with Crippen LogP contribution < -0.4 is 10.6 Å². The molecule has 1 aliphatic carbocycles. The van der Waals surface area contributed by atoms with Crippen LogP contribution in [-0.2, 0) is 16.0 Å². The predicted molar refractivity (Wildman–Crippen MR) is 102 cm³/mol. The van der Waals surface area contributed by atoms with E-state index in [1.807, 2.05) is 24.3 Å². The first-order valence-corrected chi connectivity index (χ1v) is 9.67. The van der Waals surface area contributed by atoms with Crippen LogP contribution >= 0.6 is 0 Å². The second-order valence-corrected chi connectivity index (χ2v) is 7.52. The Hall–Kier alpha value is -1.84. The Morgan fingerprint density at radius 1 is 1.04 bits per heavy atom. The number of hydrogen-bond donors (Lipinski definition) is 2. The molecule has 2 rings (SSSR count). The van der Waals surface area contributed by atoms with Crippen molar-refractivity contribution in [1.29, 1.82) is 0 Å². The van der Waals surface area contributed by atoms with E-state index in [1.165, 1.54) is 0 Å². The van der Waals surface area contributed by atoms with Gasteiger partial charge in [0, 0.05) is 24.1 Å². The molecule has 2 N–H and O–H groups in total. The van der Waals surface area contributed by atoms with Crippen LogP contribution in [0.15, 0.2) is 24.3 Å². The van der Waals surface area contributed by atoms with E-state index in [4.69, 9.17) is 0 Å². The minimum absolute atomic E-state index is 0.0182. The van der Waals surface area contributed by atoms with E-state index in [1.54, 1.807) is 0 Å². The Bertz CT molecular complexity index is 575. The molecule has 2 amide bonds. The predicted octanol–water partition coefficient (Wildman–Crippen LogP) is 4.16. The number of anilines is 1. The maximum Gasteiger partial charge on any atom is 0.227 e. The molecule has 1 aromatic rings. The highest BCUT2D eigenvalue weighted by Gasteiger charge is 2.30. The second-order valence-electron chi connectivity index (χ2n) is 7.52. The molecule has 4 nitrogen and oxygen atoms in total. The summed E-state index contributed by atoms with van der Waals surface area (Å²) in [5, 5.41) is 6.13. The molecule has 0 bridgehead atoms. The molecular weight excluding hydrogens is 312 g/mol. The van der Waals surface area contributed by atoms with Crippen LogP contribution in [0, 0.1) is 17.8 Å². The van der Waals surface area contributed by atoms with Crippen molar-refractivity contribution in [2.75, 3.05) is 11.9 Å². The van der Waals surface area contributed by atoms with Crippen LogP contribution in [-0.4, -0.2) is 18.4 Å². The summed E-state index contributed by atoms with van der Waals surface area (Å²) in [4.78, 5) is 24.8. The second kappa shape index (κ2) is 9.59. The molecule has 0 unspecified atom stereocenters. The smallest absolute Gasteiger partial charge is 0.227 e. The first-order valence-electron chi connectivity index (χ1n) is 9.67. The van der Waals surface area contributed by atoms with E-state index in [-0.39, 0.29) is 23.7 Å². The third kappa shape index (κ3) is 5.87. The van der Waals surface area contributed by atoms with Crippen molar-refractivity contribution in [3.8, 4) is 0 Å². The molecular formula is C21H32N2O2. The average Bonchev–Trinajstić information content (AvgIpc) is 2.62. The Labute approximate surface area is 151 Å². The molecule has 0 aromatic heterocycles. The lowest BCUT2D eigenvalue weighted by atomic mass is 9.81. The largest absolute Gasteiger partial charge is 0.356 e. The lowest BCUT2D eigenvalue weighted by Crippen LogP contribution is -2.36. The Morgan fingerprint density at radius 3 is 2.24 bits per heavy atom. The Morgan fingerprint density at radius 2 is 1.64 bits per heavy atom. The monoisotopic (exact) mass is 344 g/mol. The van der Waals surface area contributed by atoms with Crippen LogP contribution in [0.3, 0.4) is 0 Å². The summed E-state index contributed by atoms with van der Waals surface area (Å²) in [6.45, 7) is 7.16. The van der Waals surface area contributed by atoms with Gasteiger partial charge in [0.05, 0.1) is 0 Å². The van der Waals surface area contributed by atoms with Crippen LogP contribution in [0.25, 0.3) is 0 Å². The minimum atomic E-state index is 0.0182. The number of carbonyl (C=O) groups is 2. The van der Waals surface area contributed by atoms with Crippen LogP contribution in [0.2, 0.25) is 0 Å². The van der Waals surface area contributed by atoms with E-state index >= 15 is 0 Å². The van der Waals surface area contributed by atoms with Crippen molar-refractivity contribution < 1.29 is 9.59 Å².